The summed E-state index contributed by atoms with van der Waals surface area (Å²) in [6.45, 7) is 6.33. The molecule has 0 spiro atoms. The molecule has 0 unspecified atom stereocenters. The van der Waals surface area contributed by atoms with E-state index >= 15 is 0 Å². The number of nitrogens with zero attached hydrogens (tertiary/aromatic N) is 3. The standard InChI is InChI=1S/C16H17N3/c1-11(2)13-6-4-7-14(10-13)15-8-5-9-16-17-12(3)18-19(15)16/h4-11H,1-3H3. The summed E-state index contributed by atoms with van der Waals surface area (Å²) in [5, 5.41) is 4.47. The highest BCUT2D eigenvalue weighted by atomic mass is 15.3. The Hall–Kier alpha value is -2.16. The van der Waals surface area contributed by atoms with Crippen molar-refractivity contribution in [1.82, 2.24) is 14.6 Å². The number of fused-ring (bicyclic) bond motifs is 1. The van der Waals surface area contributed by atoms with E-state index in [9.17, 15) is 0 Å². The van der Waals surface area contributed by atoms with Crippen LogP contribution in [0.1, 0.15) is 31.2 Å². The maximum atomic E-state index is 4.47. The molecule has 0 bridgehead atoms. The Morgan fingerprint density at radius 3 is 2.63 bits per heavy atom. The SMILES string of the molecule is Cc1nc2cccc(-c3cccc(C(C)C)c3)n2n1. The first kappa shape index (κ1) is 11.9. The number of rotatable bonds is 2. The predicted octanol–water partition coefficient (Wildman–Crippen LogP) is 3.83. The van der Waals surface area contributed by atoms with Gasteiger partial charge in [-0.05, 0) is 36.6 Å². The number of aromatic nitrogens is 3. The first-order valence-corrected chi connectivity index (χ1v) is 6.58. The van der Waals surface area contributed by atoms with Crippen LogP contribution in [0.25, 0.3) is 16.9 Å². The fourth-order valence-electron chi connectivity index (χ4n) is 2.29. The fourth-order valence-corrected chi connectivity index (χ4v) is 2.29. The van der Waals surface area contributed by atoms with Gasteiger partial charge >= 0.3 is 0 Å². The number of hydrogen-bond donors (Lipinski definition) is 0. The molecule has 3 heteroatoms. The maximum Gasteiger partial charge on any atom is 0.156 e. The van der Waals surface area contributed by atoms with E-state index in [0.717, 1.165) is 17.2 Å². The molecule has 0 aliphatic carbocycles. The lowest BCUT2D eigenvalue weighted by Gasteiger charge is -2.09. The van der Waals surface area contributed by atoms with Gasteiger partial charge in [-0.15, -0.1) is 0 Å². The molecule has 0 aliphatic rings. The molecule has 0 N–H and O–H groups in total. The molecule has 0 saturated heterocycles. The van der Waals surface area contributed by atoms with E-state index in [-0.39, 0.29) is 0 Å². The summed E-state index contributed by atoms with van der Waals surface area (Å²) in [6, 6.07) is 14.7. The highest BCUT2D eigenvalue weighted by Gasteiger charge is 2.08. The lowest BCUT2D eigenvalue weighted by Crippen LogP contribution is -1.95. The van der Waals surface area contributed by atoms with Gasteiger partial charge in [-0.3, -0.25) is 0 Å². The third-order valence-electron chi connectivity index (χ3n) is 3.31. The second-order valence-corrected chi connectivity index (χ2v) is 5.12. The average Bonchev–Trinajstić information content (AvgIpc) is 2.78. The van der Waals surface area contributed by atoms with Gasteiger partial charge in [0.25, 0.3) is 0 Å². The molecule has 0 saturated carbocycles. The van der Waals surface area contributed by atoms with Gasteiger partial charge in [0.1, 0.15) is 5.82 Å². The second kappa shape index (κ2) is 4.50. The van der Waals surface area contributed by atoms with Crippen molar-refractivity contribution in [1.29, 1.82) is 0 Å². The van der Waals surface area contributed by atoms with Gasteiger partial charge in [-0.25, -0.2) is 9.50 Å². The highest BCUT2D eigenvalue weighted by molar-refractivity contribution is 5.63. The molecular weight excluding hydrogens is 234 g/mol. The van der Waals surface area contributed by atoms with Crippen molar-refractivity contribution in [2.24, 2.45) is 0 Å². The van der Waals surface area contributed by atoms with Crippen molar-refractivity contribution in [2.75, 3.05) is 0 Å². The van der Waals surface area contributed by atoms with Crippen LogP contribution < -0.4 is 0 Å². The summed E-state index contributed by atoms with van der Waals surface area (Å²) in [4.78, 5) is 4.41. The minimum Gasteiger partial charge on any atom is -0.213 e. The van der Waals surface area contributed by atoms with Crippen molar-refractivity contribution < 1.29 is 0 Å². The number of hydrogen-bond acceptors (Lipinski definition) is 2. The van der Waals surface area contributed by atoms with Crippen LogP contribution in [0.2, 0.25) is 0 Å². The Bertz CT molecular complexity index is 726. The number of pyridine rings is 1. The summed E-state index contributed by atoms with van der Waals surface area (Å²) < 4.78 is 1.91. The van der Waals surface area contributed by atoms with E-state index in [1.54, 1.807) is 0 Å². The van der Waals surface area contributed by atoms with Crippen LogP contribution in [0.4, 0.5) is 0 Å². The summed E-state index contributed by atoms with van der Waals surface area (Å²) in [5.74, 6) is 1.32. The van der Waals surface area contributed by atoms with Gasteiger partial charge in [0.15, 0.2) is 5.65 Å². The van der Waals surface area contributed by atoms with Crippen molar-refractivity contribution in [3.63, 3.8) is 0 Å². The highest BCUT2D eigenvalue weighted by Crippen LogP contribution is 2.24. The van der Waals surface area contributed by atoms with E-state index < -0.39 is 0 Å². The van der Waals surface area contributed by atoms with Gasteiger partial charge in [-0.2, -0.15) is 5.10 Å². The average molecular weight is 251 g/mol. The van der Waals surface area contributed by atoms with Gasteiger partial charge < -0.3 is 0 Å². The van der Waals surface area contributed by atoms with Crippen LogP contribution >= 0.6 is 0 Å². The van der Waals surface area contributed by atoms with Crippen LogP contribution in [0.3, 0.4) is 0 Å². The van der Waals surface area contributed by atoms with Gasteiger partial charge in [0.2, 0.25) is 0 Å². The molecule has 1 aromatic carbocycles. The zero-order valence-corrected chi connectivity index (χ0v) is 11.5. The van der Waals surface area contributed by atoms with E-state index in [0.29, 0.717) is 5.92 Å². The first-order chi connectivity index (χ1) is 9.15. The van der Waals surface area contributed by atoms with Crippen LogP contribution in [0, 0.1) is 6.92 Å². The lowest BCUT2D eigenvalue weighted by atomic mass is 9.99. The van der Waals surface area contributed by atoms with Crippen molar-refractivity contribution >= 4 is 5.65 Å². The molecular formula is C16H17N3. The quantitative estimate of drug-likeness (QED) is 0.693. The first-order valence-electron chi connectivity index (χ1n) is 6.58. The van der Waals surface area contributed by atoms with Crippen molar-refractivity contribution in [3.8, 4) is 11.3 Å². The molecule has 0 fully saturated rings. The minimum absolute atomic E-state index is 0.525. The zero-order valence-electron chi connectivity index (χ0n) is 11.5. The summed E-state index contributed by atoms with van der Waals surface area (Å²) in [6.07, 6.45) is 0. The number of benzene rings is 1. The smallest absolute Gasteiger partial charge is 0.156 e. The van der Waals surface area contributed by atoms with E-state index in [1.807, 2.05) is 23.6 Å². The van der Waals surface area contributed by atoms with Crippen molar-refractivity contribution in [3.05, 3.63) is 53.9 Å². The molecule has 19 heavy (non-hydrogen) atoms. The molecule has 3 rings (SSSR count). The van der Waals surface area contributed by atoms with Crippen LogP contribution in [0.15, 0.2) is 42.5 Å². The molecule has 0 atom stereocenters. The van der Waals surface area contributed by atoms with Crippen molar-refractivity contribution in [2.45, 2.75) is 26.7 Å². The lowest BCUT2D eigenvalue weighted by molar-refractivity contribution is 0.866. The summed E-state index contributed by atoms with van der Waals surface area (Å²) >= 11 is 0. The fraction of sp³-hybridized carbons (Fsp3) is 0.250. The van der Waals surface area contributed by atoms with Crippen LogP contribution in [-0.2, 0) is 0 Å². The monoisotopic (exact) mass is 251 g/mol. The third kappa shape index (κ3) is 2.12. The van der Waals surface area contributed by atoms with Crippen LogP contribution in [0.5, 0.6) is 0 Å². The number of aryl methyl sites for hydroxylation is 1. The molecule has 2 aromatic heterocycles. The van der Waals surface area contributed by atoms with Crippen LogP contribution in [-0.4, -0.2) is 14.6 Å². The topological polar surface area (TPSA) is 30.2 Å². The van der Waals surface area contributed by atoms with E-state index in [1.165, 1.54) is 11.1 Å². The van der Waals surface area contributed by atoms with Gasteiger partial charge in [0.05, 0.1) is 5.69 Å². The zero-order chi connectivity index (χ0) is 13.4. The molecule has 0 aliphatic heterocycles. The Morgan fingerprint density at radius 2 is 1.84 bits per heavy atom. The molecule has 2 heterocycles. The minimum atomic E-state index is 0.525. The normalized spacial score (nSPS) is 11.4. The van der Waals surface area contributed by atoms with E-state index in [2.05, 4.69) is 54.3 Å². The second-order valence-electron chi connectivity index (χ2n) is 5.12. The Balaban J connectivity index is 2.21. The molecule has 3 nitrogen and oxygen atoms in total. The summed E-state index contributed by atoms with van der Waals surface area (Å²) in [7, 11) is 0. The summed E-state index contributed by atoms with van der Waals surface area (Å²) in [5.41, 5.74) is 4.50. The molecule has 0 radical (unpaired) electrons. The van der Waals surface area contributed by atoms with E-state index in [4.69, 9.17) is 0 Å². The molecule has 96 valence electrons. The Kier molecular flexibility index (Phi) is 2.82. The van der Waals surface area contributed by atoms with Gasteiger partial charge in [0, 0.05) is 5.56 Å². The third-order valence-corrected chi connectivity index (χ3v) is 3.31. The predicted molar refractivity (Wildman–Crippen MR) is 77.2 cm³/mol. The molecule has 0 amide bonds. The molecule has 3 aromatic rings. The largest absolute Gasteiger partial charge is 0.213 e. The Labute approximate surface area is 112 Å². The van der Waals surface area contributed by atoms with Gasteiger partial charge in [-0.1, -0.05) is 38.1 Å². The Morgan fingerprint density at radius 1 is 1.05 bits per heavy atom. The maximum absolute atomic E-state index is 4.47.